The van der Waals surface area contributed by atoms with Crippen LogP contribution in [0.25, 0.3) is 0 Å². The third-order valence-electron chi connectivity index (χ3n) is 8.63. The lowest BCUT2D eigenvalue weighted by molar-refractivity contribution is -0.143. The van der Waals surface area contributed by atoms with Gasteiger partial charge in [-0.3, -0.25) is 14.5 Å². The number of hydrogen-bond donors (Lipinski definition) is 4. The molecule has 0 radical (unpaired) electrons. The standard InChI is InChI=1S/C27H38N4O5/c32-16-22(27(35)36)29-25(33)24-26(34)31(23-11-7-6-10-21(23)28-24)20-14-18-12-13-19(15-20)30(18)17-8-4-2-1-3-5-9-17/h6-7,10-11,17-20,22,24,28,32H,1-5,8-9,12-16H2,(H,29,33)(H,35,36)/t18-,19+,20?,22-,24?/m0/s1. The molecule has 2 unspecified atom stereocenters. The summed E-state index contributed by atoms with van der Waals surface area (Å²) in [5.41, 5.74) is 1.45. The predicted molar refractivity (Wildman–Crippen MR) is 136 cm³/mol. The van der Waals surface area contributed by atoms with E-state index in [9.17, 15) is 24.6 Å². The number of fused-ring (bicyclic) bond motifs is 3. The van der Waals surface area contributed by atoms with Crippen molar-refractivity contribution in [2.75, 3.05) is 16.8 Å². The first-order valence-electron chi connectivity index (χ1n) is 13.6. The van der Waals surface area contributed by atoms with Gasteiger partial charge in [-0.05, 0) is 50.7 Å². The maximum Gasteiger partial charge on any atom is 0.328 e. The Morgan fingerprint density at radius 2 is 1.58 bits per heavy atom. The maximum absolute atomic E-state index is 13.7. The third-order valence-corrected chi connectivity index (χ3v) is 8.63. The number of piperidine rings is 1. The highest BCUT2D eigenvalue weighted by atomic mass is 16.4. The summed E-state index contributed by atoms with van der Waals surface area (Å²) in [5.74, 6) is -2.45. The average molecular weight is 499 g/mol. The van der Waals surface area contributed by atoms with Gasteiger partial charge in [0.2, 0.25) is 0 Å². The first kappa shape index (κ1) is 25.0. The molecule has 196 valence electrons. The molecule has 9 nitrogen and oxygen atoms in total. The Kier molecular flexibility index (Phi) is 7.48. The van der Waals surface area contributed by atoms with Gasteiger partial charge in [0.15, 0.2) is 6.04 Å². The molecule has 5 atom stereocenters. The van der Waals surface area contributed by atoms with E-state index in [1.165, 1.54) is 44.9 Å². The largest absolute Gasteiger partial charge is 0.480 e. The molecule has 2 amide bonds. The van der Waals surface area contributed by atoms with Crippen LogP contribution in [-0.4, -0.2) is 75.8 Å². The summed E-state index contributed by atoms with van der Waals surface area (Å²) in [6, 6.07) is 6.33. The zero-order chi connectivity index (χ0) is 25.2. The van der Waals surface area contributed by atoms with E-state index in [1.807, 2.05) is 24.3 Å². The highest BCUT2D eigenvalue weighted by molar-refractivity contribution is 6.17. The zero-order valence-electron chi connectivity index (χ0n) is 20.8. The van der Waals surface area contributed by atoms with Crippen LogP contribution in [0.2, 0.25) is 0 Å². The van der Waals surface area contributed by atoms with Crippen molar-refractivity contribution in [1.82, 2.24) is 10.2 Å². The fraction of sp³-hybridized carbons (Fsp3) is 0.667. The molecule has 0 aromatic heterocycles. The average Bonchev–Trinajstić information content (AvgIpc) is 3.10. The molecule has 3 aliphatic heterocycles. The third kappa shape index (κ3) is 4.83. The first-order chi connectivity index (χ1) is 17.5. The number of carbonyl (C=O) groups is 3. The topological polar surface area (TPSA) is 122 Å². The van der Waals surface area contributed by atoms with Crippen molar-refractivity contribution in [3.63, 3.8) is 0 Å². The molecular formula is C27H38N4O5. The van der Waals surface area contributed by atoms with Crippen molar-refractivity contribution in [2.24, 2.45) is 0 Å². The quantitative estimate of drug-likeness (QED) is 0.445. The molecule has 36 heavy (non-hydrogen) atoms. The second-order valence-corrected chi connectivity index (χ2v) is 10.8. The van der Waals surface area contributed by atoms with Crippen molar-refractivity contribution in [3.8, 4) is 0 Å². The fourth-order valence-electron chi connectivity index (χ4n) is 7.00. The molecule has 1 saturated carbocycles. The van der Waals surface area contributed by atoms with Crippen molar-refractivity contribution in [2.45, 2.75) is 107 Å². The van der Waals surface area contributed by atoms with E-state index in [2.05, 4.69) is 15.5 Å². The number of aliphatic hydroxyl groups excluding tert-OH is 1. The van der Waals surface area contributed by atoms with Crippen LogP contribution in [0.4, 0.5) is 11.4 Å². The molecule has 0 spiro atoms. The van der Waals surface area contributed by atoms with E-state index in [4.69, 9.17) is 0 Å². The molecule has 1 aliphatic carbocycles. The Bertz CT molecular complexity index is 965. The summed E-state index contributed by atoms with van der Waals surface area (Å²) in [6.07, 6.45) is 13.2. The smallest absolute Gasteiger partial charge is 0.328 e. The van der Waals surface area contributed by atoms with Crippen LogP contribution in [0, 0.1) is 0 Å². The van der Waals surface area contributed by atoms with E-state index in [0.29, 0.717) is 23.8 Å². The number of carbonyl (C=O) groups excluding carboxylic acids is 2. The molecule has 1 aromatic rings. The van der Waals surface area contributed by atoms with Crippen LogP contribution >= 0.6 is 0 Å². The molecule has 9 heteroatoms. The molecule has 5 rings (SSSR count). The van der Waals surface area contributed by atoms with Gasteiger partial charge in [0.1, 0.15) is 6.04 Å². The minimum absolute atomic E-state index is 0.00790. The van der Waals surface area contributed by atoms with Crippen molar-refractivity contribution < 1.29 is 24.6 Å². The molecule has 2 bridgehead atoms. The normalized spacial score (nSPS) is 30.0. The van der Waals surface area contributed by atoms with Gasteiger partial charge in [-0.2, -0.15) is 0 Å². The van der Waals surface area contributed by atoms with Gasteiger partial charge in [-0.25, -0.2) is 4.79 Å². The summed E-state index contributed by atoms with van der Waals surface area (Å²) in [4.78, 5) is 42.6. The number of hydrogen-bond acceptors (Lipinski definition) is 6. The Morgan fingerprint density at radius 3 is 2.22 bits per heavy atom. The van der Waals surface area contributed by atoms with Crippen LogP contribution in [-0.2, 0) is 14.4 Å². The van der Waals surface area contributed by atoms with Crippen molar-refractivity contribution >= 4 is 29.2 Å². The van der Waals surface area contributed by atoms with Gasteiger partial charge in [0.05, 0.1) is 18.0 Å². The van der Waals surface area contributed by atoms with Crippen LogP contribution in [0.1, 0.15) is 70.6 Å². The number of nitrogens with zero attached hydrogens (tertiary/aromatic N) is 2. The number of rotatable bonds is 6. The van der Waals surface area contributed by atoms with E-state index in [-0.39, 0.29) is 11.9 Å². The number of para-hydroxylation sites is 2. The lowest BCUT2D eigenvalue weighted by Gasteiger charge is -2.48. The summed E-state index contributed by atoms with van der Waals surface area (Å²) in [5, 5.41) is 23.9. The number of anilines is 2. The predicted octanol–water partition coefficient (Wildman–Crippen LogP) is 2.48. The van der Waals surface area contributed by atoms with E-state index < -0.39 is 30.6 Å². The number of carboxylic acids is 1. The lowest BCUT2D eigenvalue weighted by Crippen LogP contribution is -2.62. The van der Waals surface area contributed by atoms with Gasteiger partial charge in [-0.15, -0.1) is 0 Å². The Hall–Kier alpha value is -2.65. The van der Waals surface area contributed by atoms with Gasteiger partial charge in [0, 0.05) is 24.2 Å². The SMILES string of the molecule is O=C(N[C@@H](CO)C(=O)O)C1Nc2ccccc2N(C2C[C@H]3CC[C@@H](C2)N3C2CCCCCCC2)C1=O. The molecule has 2 saturated heterocycles. The number of aliphatic carboxylic acids is 1. The maximum atomic E-state index is 13.7. The lowest BCUT2D eigenvalue weighted by atomic mass is 9.88. The number of amides is 2. The highest BCUT2D eigenvalue weighted by Crippen LogP contribution is 2.44. The summed E-state index contributed by atoms with van der Waals surface area (Å²) in [6.45, 7) is -0.745. The summed E-state index contributed by atoms with van der Waals surface area (Å²) >= 11 is 0. The second kappa shape index (κ2) is 10.8. The fourth-order valence-corrected chi connectivity index (χ4v) is 7.00. The van der Waals surface area contributed by atoms with Crippen molar-refractivity contribution in [3.05, 3.63) is 24.3 Å². The number of carboxylic acid groups (broad SMARTS) is 1. The summed E-state index contributed by atoms with van der Waals surface area (Å²) in [7, 11) is 0. The molecule has 4 aliphatic rings. The minimum atomic E-state index is -1.46. The van der Waals surface area contributed by atoms with Gasteiger partial charge < -0.3 is 25.7 Å². The Balaban J connectivity index is 1.36. The minimum Gasteiger partial charge on any atom is -0.480 e. The van der Waals surface area contributed by atoms with Gasteiger partial charge in [-0.1, -0.05) is 44.2 Å². The van der Waals surface area contributed by atoms with Crippen LogP contribution in [0.5, 0.6) is 0 Å². The van der Waals surface area contributed by atoms with E-state index in [0.717, 1.165) is 31.4 Å². The molecule has 4 N–H and O–H groups in total. The van der Waals surface area contributed by atoms with Gasteiger partial charge >= 0.3 is 5.97 Å². The highest BCUT2D eigenvalue weighted by Gasteiger charge is 2.49. The molecule has 3 fully saturated rings. The van der Waals surface area contributed by atoms with Crippen molar-refractivity contribution in [1.29, 1.82) is 0 Å². The van der Waals surface area contributed by atoms with E-state index >= 15 is 0 Å². The van der Waals surface area contributed by atoms with Gasteiger partial charge in [0.25, 0.3) is 11.8 Å². The second-order valence-electron chi connectivity index (χ2n) is 10.8. The van der Waals surface area contributed by atoms with Crippen LogP contribution in [0.3, 0.4) is 0 Å². The van der Waals surface area contributed by atoms with E-state index in [1.54, 1.807) is 4.90 Å². The molecule has 3 heterocycles. The zero-order valence-corrected chi connectivity index (χ0v) is 20.8. The number of aliphatic hydroxyl groups is 1. The summed E-state index contributed by atoms with van der Waals surface area (Å²) < 4.78 is 0. The Morgan fingerprint density at radius 1 is 0.944 bits per heavy atom. The van der Waals surface area contributed by atoms with Crippen LogP contribution in [0.15, 0.2) is 24.3 Å². The number of benzene rings is 1. The van der Waals surface area contributed by atoms with Crippen LogP contribution < -0.4 is 15.5 Å². The monoisotopic (exact) mass is 498 g/mol. The Labute approximate surface area is 212 Å². The first-order valence-corrected chi connectivity index (χ1v) is 13.6. The molecule has 1 aromatic carbocycles. The number of nitrogens with one attached hydrogen (secondary N) is 2. The molecular weight excluding hydrogens is 460 g/mol.